The first kappa shape index (κ1) is 31.2. The summed E-state index contributed by atoms with van der Waals surface area (Å²) < 4.78 is 16.1. The van der Waals surface area contributed by atoms with Gasteiger partial charge in [0, 0.05) is 30.2 Å². The van der Waals surface area contributed by atoms with E-state index in [9.17, 15) is 19.2 Å². The number of carbonyl (C=O) groups is 4. The first-order valence-corrected chi connectivity index (χ1v) is 14.0. The van der Waals surface area contributed by atoms with Crippen LogP contribution in [0.25, 0.3) is 0 Å². The van der Waals surface area contributed by atoms with Gasteiger partial charge in [-0.15, -0.1) is 0 Å². The molecule has 226 valence electrons. The van der Waals surface area contributed by atoms with E-state index in [2.05, 4.69) is 16.0 Å². The molecule has 11 nitrogen and oxygen atoms in total. The Labute approximate surface area is 250 Å². The fourth-order valence-electron chi connectivity index (χ4n) is 4.96. The number of fused-ring (bicyclic) bond motifs is 1. The van der Waals surface area contributed by atoms with Crippen LogP contribution in [0.15, 0.2) is 72.8 Å². The fraction of sp³-hybridized carbons (Fsp3) is 0.312. The number of aryl methyl sites for hydroxylation is 1. The zero-order valence-corrected chi connectivity index (χ0v) is 24.6. The van der Waals surface area contributed by atoms with Crippen molar-refractivity contribution in [1.29, 1.82) is 0 Å². The van der Waals surface area contributed by atoms with Gasteiger partial charge in [-0.3, -0.25) is 9.59 Å². The van der Waals surface area contributed by atoms with Crippen molar-refractivity contribution in [3.05, 3.63) is 89.5 Å². The minimum absolute atomic E-state index is 0.0527. The first-order valence-electron chi connectivity index (χ1n) is 14.0. The summed E-state index contributed by atoms with van der Waals surface area (Å²) in [6.45, 7) is 6.38. The van der Waals surface area contributed by atoms with Crippen LogP contribution in [-0.2, 0) is 29.3 Å². The van der Waals surface area contributed by atoms with Crippen LogP contribution in [0.3, 0.4) is 0 Å². The van der Waals surface area contributed by atoms with Gasteiger partial charge in [0.15, 0.2) is 11.8 Å². The smallest absolute Gasteiger partial charge is 0.337 e. The van der Waals surface area contributed by atoms with Gasteiger partial charge in [-0.25, -0.2) is 9.59 Å². The van der Waals surface area contributed by atoms with E-state index in [1.165, 1.54) is 24.1 Å². The number of carbonyl (C=O) groups excluding carboxylic acids is 4. The van der Waals surface area contributed by atoms with E-state index in [4.69, 9.17) is 14.2 Å². The van der Waals surface area contributed by atoms with Crippen LogP contribution in [-0.4, -0.2) is 57.0 Å². The minimum Gasteiger partial charge on any atom is -0.465 e. The number of nitrogens with zero attached hydrogens (tertiary/aromatic N) is 1. The molecule has 0 radical (unpaired) electrons. The minimum atomic E-state index is -1.75. The van der Waals surface area contributed by atoms with Crippen LogP contribution >= 0.6 is 0 Å². The normalized spacial score (nSPS) is 15.7. The summed E-state index contributed by atoms with van der Waals surface area (Å²) in [4.78, 5) is 54.5. The molecule has 3 aromatic carbocycles. The second-order valence-corrected chi connectivity index (χ2v) is 9.92. The third kappa shape index (κ3) is 7.19. The van der Waals surface area contributed by atoms with Crippen LogP contribution < -0.4 is 20.9 Å². The van der Waals surface area contributed by atoms with Crippen molar-refractivity contribution in [2.45, 2.75) is 39.0 Å². The zero-order valence-electron chi connectivity index (χ0n) is 24.6. The molecule has 0 spiro atoms. The number of methoxy groups -OCH3 is 1. The molecule has 3 N–H and O–H groups in total. The number of para-hydroxylation sites is 1. The summed E-state index contributed by atoms with van der Waals surface area (Å²) >= 11 is 0. The van der Waals surface area contributed by atoms with Crippen molar-refractivity contribution in [2.24, 2.45) is 0 Å². The average Bonchev–Trinajstić information content (AvgIpc) is 3.21. The molecule has 11 heteroatoms. The number of benzene rings is 3. The maximum absolute atomic E-state index is 14.3. The monoisotopic (exact) mass is 588 g/mol. The Morgan fingerprint density at radius 3 is 2.09 bits per heavy atom. The summed E-state index contributed by atoms with van der Waals surface area (Å²) in [5, 5.41) is 8.37. The molecule has 0 aromatic heterocycles. The van der Waals surface area contributed by atoms with Crippen molar-refractivity contribution in [3.63, 3.8) is 0 Å². The van der Waals surface area contributed by atoms with Crippen molar-refractivity contribution in [2.75, 3.05) is 42.4 Å². The molecule has 0 bridgehead atoms. The summed E-state index contributed by atoms with van der Waals surface area (Å²) in [7, 11) is 1.28. The van der Waals surface area contributed by atoms with E-state index in [1.54, 1.807) is 48.5 Å². The molecule has 4 rings (SSSR count). The van der Waals surface area contributed by atoms with Crippen LogP contribution in [0.5, 0.6) is 0 Å². The van der Waals surface area contributed by atoms with Crippen molar-refractivity contribution in [3.8, 4) is 0 Å². The number of esters is 1. The van der Waals surface area contributed by atoms with Crippen LogP contribution in [0.4, 0.5) is 21.9 Å². The number of urea groups is 1. The lowest BCUT2D eigenvalue weighted by molar-refractivity contribution is -0.138. The average molecular weight is 589 g/mol. The molecule has 0 fully saturated rings. The van der Waals surface area contributed by atoms with Crippen LogP contribution in [0, 0.1) is 6.92 Å². The lowest BCUT2D eigenvalue weighted by atomic mass is 9.87. The van der Waals surface area contributed by atoms with Gasteiger partial charge in [-0.2, -0.15) is 0 Å². The Morgan fingerprint density at radius 2 is 1.47 bits per heavy atom. The summed E-state index contributed by atoms with van der Waals surface area (Å²) in [6.07, 6.45) is -1.13. The van der Waals surface area contributed by atoms with E-state index in [0.717, 1.165) is 5.56 Å². The third-order valence-corrected chi connectivity index (χ3v) is 6.95. The van der Waals surface area contributed by atoms with E-state index in [1.807, 2.05) is 32.9 Å². The second-order valence-electron chi connectivity index (χ2n) is 9.92. The van der Waals surface area contributed by atoms with E-state index in [-0.39, 0.29) is 6.54 Å². The van der Waals surface area contributed by atoms with Gasteiger partial charge in [-0.1, -0.05) is 35.9 Å². The largest absolute Gasteiger partial charge is 0.465 e. The molecular weight excluding hydrogens is 552 g/mol. The number of rotatable bonds is 12. The molecule has 4 amide bonds. The molecular formula is C32H36N4O7. The van der Waals surface area contributed by atoms with Crippen LogP contribution in [0.1, 0.15) is 41.8 Å². The van der Waals surface area contributed by atoms with E-state index >= 15 is 0 Å². The maximum atomic E-state index is 14.3. The number of hydrogen-bond acceptors (Lipinski definition) is 7. The first-order chi connectivity index (χ1) is 20.7. The Kier molecular flexibility index (Phi) is 10.1. The quantitative estimate of drug-likeness (QED) is 0.208. The van der Waals surface area contributed by atoms with Gasteiger partial charge in [0.25, 0.3) is 5.91 Å². The molecule has 1 aliphatic heterocycles. The molecule has 1 atom stereocenters. The van der Waals surface area contributed by atoms with Gasteiger partial charge < -0.3 is 35.1 Å². The van der Waals surface area contributed by atoms with Gasteiger partial charge in [0.1, 0.15) is 0 Å². The number of amides is 4. The molecule has 1 aliphatic rings. The maximum Gasteiger partial charge on any atom is 0.337 e. The predicted molar refractivity (Wildman–Crippen MR) is 162 cm³/mol. The standard InChI is InChI=1S/C32H36N4O7/c1-5-42-28(43-6-2)20-36-26-10-8-7-9-25(26)32(30(36)39,35-31(40)34-24-15-11-21(3)12-16-24)19-27(37)33-23-17-13-22(14-18-23)29(38)41-4/h7-18,28H,5-6,19-20H2,1-4H3,(H,33,37)(H2,34,35,40)/t32-/m0/s1. The highest BCUT2D eigenvalue weighted by atomic mass is 16.7. The number of ether oxygens (including phenoxy) is 3. The van der Waals surface area contributed by atoms with Gasteiger partial charge in [0.05, 0.1) is 31.3 Å². The van der Waals surface area contributed by atoms with E-state index in [0.29, 0.717) is 41.4 Å². The van der Waals surface area contributed by atoms with Crippen molar-refractivity contribution >= 4 is 40.9 Å². The Bertz CT molecular complexity index is 1450. The van der Waals surface area contributed by atoms with Crippen molar-refractivity contribution in [1.82, 2.24) is 5.32 Å². The lowest BCUT2D eigenvalue weighted by Gasteiger charge is -2.30. The molecule has 0 aliphatic carbocycles. The molecule has 0 saturated heterocycles. The lowest BCUT2D eigenvalue weighted by Crippen LogP contribution is -2.56. The molecule has 0 unspecified atom stereocenters. The summed E-state index contributed by atoms with van der Waals surface area (Å²) in [5.41, 5.74) is 1.51. The van der Waals surface area contributed by atoms with E-state index < -0.39 is 42.1 Å². The molecule has 0 saturated carbocycles. The highest BCUT2D eigenvalue weighted by molar-refractivity contribution is 6.13. The topological polar surface area (TPSA) is 135 Å². The SMILES string of the molecule is CCOC(CN1C(=O)[C@@](CC(=O)Nc2ccc(C(=O)OC)cc2)(NC(=O)Nc2ccc(C)cc2)c2ccccc21)OCC. The van der Waals surface area contributed by atoms with Gasteiger partial charge >= 0.3 is 12.0 Å². The second kappa shape index (κ2) is 14.0. The third-order valence-electron chi connectivity index (χ3n) is 6.95. The Hall–Kier alpha value is -4.74. The number of nitrogens with one attached hydrogen (secondary N) is 3. The molecule has 43 heavy (non-hydrogen) atoms. The fourth-order valence-corrected chi connectivity index (χ4v) is 4.96. The highest BCUT2D eigenvalue weighted by Gasteiger charge is 2.53. The Balaban J connectivity index is 1.67. The Morgan fingerprint density at radius 1 is 0.860 bits per heavy atom. The molecule has 3 aromatic rings. The predicted octanol–water partition coefficient (Wildman–Crippen LogP) is 4.57. The summed E-state index contributed by atoms with van der Waals surface area (Å²) in [6, 6.07) is 19.7. The van der Waals surface area contributed by atoms with Crippen LogP contribution in [0.2, 0.25) is 0 Å². The number of anilines is 3. The highest BCUT2D eigenvalue weighted by Crippen LogP contribution is 2.43. The summed E-state index contributed by atoms with van der Waals surface area (Å²) in [5.74, 6) is -1.54. The number of hydrogen-bond donors (Lipinski definition) is 3. The zero-order chi connectivity index (χ0) is 31.0. The molecule has 1 heterocycles. The van der Waals surface area contributed by atoms with Crippen molar-refractivity contribution < 1.29 is 33.4 Å². The van der Waals surface area contributed by atoms with Gasteiger partial charge in [-0.05, 0) is 63.2 Å². The van der Waals surface area contributed by atoms with Gasteiger partial charge in [0.2, 0.25) is 5.91 Å².